The van der Waals surface area contributed by atoms with E-state index in [4.69, 9.17) is 11.6 Å². The summed E-state index contributed by atoms with van der Waals surface area (Å²) in [6.45, 7) is 6.98. The van der Waals surface area contributed by atoms with Crippen LogP contribution in [-0.4, -0.2) is 29.2 Å². The highest BCUT2D eigenvalue weighted by Gasteiger charge is 2.25. The predicted octanol–water partition coefficient (Wildman–Crippen LogP) is 4.10. The van der Waals surface area contributed by atoms with Crippen LogP contribution in [0.25, 0.3) is 0 Å². The highest BCUT2D eigenvalue weighted by molar-refractivity contribution is 6.31. The van der Waals surface area contributed by atoms with Gasteiger partial charge in [0.25, 0.3) is 0 Å². The molecule has 1 atom stereocenters. The van der Waals surface area contributed by atoms with Gasteiger partial charge in [0.05, 0.1) is 6.10 Å². The molecule has 1 fully saturated rings. The third kappa shape index (κ3) is 4.94. The van der Waals surface area contributed by atoms with Gasteiger partial charge >= 0.3 is 0 Å². The van der Waals surface area contributed by atoms with Crippen LogP contribution in [-0.2, 0) is 6.54 Å². The molecule has 118 valence electrons. The Morgan fingerprint density at radius 2 is 2.00 bits per heavy atom. The van der Waals surface area contributed by atoms with Crippen molar-refractivity contribution in [2.45, 2.75) is 45.8 Å². The first-order chi connectivity index (χ1) is 9.95. The minimum absolute atomic E-state index is 0.179. The largest absolute Gasteiger partial charge is 0.393 e. The third-order valence-corrected chi connectivity index (χ3v) is 4.65. The third-order valence-electron chi connectivity index (χ3n) is 4.30. The first kappa shape index (κ1) is 16.7. The number of hydrogen-bond acceptors (Lipinski definition) is 2. The van der Waals surface area contributed by atoms with Crippen molar-refractivity contribution in [1.82, 2.24) is 4.90 Å². The van der Waals surface area contributed by atoms with Gasteiger partial charge in [-0.15, -0.1) is 0 Å². The maximum Gasteiger partial charge on any atom is 0.124 e. The standard InChI is InChI=1S/C17H25ClFNO/c1-12(2)9-17(21)13-5-7-20(8-6-13)11-14-3-4-15(19)10-16(14)18/h3-4,10,12-13,17,21H,5-9,11H2,1-2H3. The Balaban J connectivity index is 1.84. The Labute approximate surface area is 131 Å². The van der Waals surface area contributed by atoms with E-state index in [1.165, 1.54) is 12.1 Å². The van der Waals surface area contributed by atoms with Gasteiger partial charge in [0.15, 0.2) is 0 Å². The van der Waals surface area contributed by atoms with Crippen molar-refractivity contribution in [1.29, 1.82) is 0 Å². The van der Waals surface area contributed by atoms with Crippen LogP contribution in [0.3, 0.4) is 0 Å². The lowest BCUT2D eigenvalue weighted by atomic mass is 9.87. The zero-order valence-corrected chi connectivity index (χ0v) is 13.6. The molecule has 1 aliphatic rings. The van der Waals surface area contributed by atoms with Crippen LogP contribution < -0.4 is 0 Å². The second-order valence-electron chi connectivity index (χ2n) is 6.55. The van der Waals surface area contributed by atoms with Gasteiger partial charge in [0.1, 0.15) is 5.82 Å². The van der Waals surface area contributed by atoms with Crippen LogP contribution in [0.2, 0.25) is 5.02 Å². The molecule has 1 N–H and O–H groups in total. The summed E-state index contributed by atoms with van der Waals surface area (Å²) in [6.07, 6.45) is 2.75. The number of halogens is 2. The summed E-state index contributed by atoms with van der Waals surface area (Å²) in [4.78, 5) is 2.33. The number of aliphatic hydroxyl groups is 1. The van der Waals surface area contributed by atoms with Gasteiger partial charge in [0.2, 0.25) is 0 Å². The minimum atomic E-state index is -0.292. The molecule has 4 heteroatoms. The van der Waals surface area contributed by atoms with Crippen LogP contribution in [0.4, 0.5) is 4.39 Å². The molecule has 1 aliphatic heterocycles. The summed E-state index contributed by atoms with van der Waals surface area (Å²) in [5, 5.41) is 10.7. The molecule has 0 radical (unpaired) electrons. The van der Waals surface area contributed by atoms with Crippen LogP contribution in [0, 0.1) is 17.7 Å². The Bertz CT molecular complexity index is 458. The van der Waals surface area contributed by atoms with Gasteiger partial charge in [-0.1, -0.05) is 31.5 Å². The molecule has 2 nitrogen and oxygen atoms in total. The molecule has 1 aromatic rings. The highest BCUT2D eigenvalue weighted by atomic mass is 35.5. The summed E-state index contributed by atoms with van der Waals surface area (Å²) in [5.74, 6) is 0.655. The van der Waals surface area contributed by atoms with E-state index in [0.717, 1.165) is 44.5 Å². The van der Waals surface area contributed by atoms with Crippen LogP contribution >= 0.6 is 11.6 Å². The van der Waals surface area contributed by atoms with Crippen molar-refractivity contribution in [3.8, 4) is 0 Å². The molecule has 0 aliphatic carbocycles. The molecule has 2 rings (SSSR count). The number of nitrogens with zero attached hydrogens (tertiary/aromatic N) is 1. The SMILES string of the molecule is CC(C)CC(O)C1CCN(Cc2ccc(F)cc2Cl)CC1. The van der Waals surface area contributed by atoms with E-state index >= 15 is 0 Å². The zero-order chi connectivity index (χ0) is 15.4. The van der Waals surface area contributed by atoms with Crippen molar-refractivity contribution >= 4 is 11.6 Å². The second-order valence-corrected chi connectivity index (χ2v) is 6.95. The first-order valence-electron chi connectivity index (χ1n) is 7.80. The van der Waals surface area contributed by atoms with E-state index in [2.05, 4.69) is 18.7 Å². The maximum absolute atomic E-state index is 13.0. The number of likely N-dealkylation sites (tertiary alicyclic amines) is 1. The summed E-state index contributed by atoms with van der Waals surface area (Å²) in [7, 11) is 0. The average Bonchev–Trinajstić information content (AvgIpc) is 2.42. The van der Waals surface area contributed by atoms with Gasteiger partial charge in [-0.2, -0.15) is 0 Å². The molecular weight excluding hydrogens is 289 g/mol. The van der Waals surface area contributed by atoms with E-state index in [1.54, 1.807) is 6.07 Å². The molecule has 1 heterocycles. The summed E-state index contributed by atoms with van der Waals surface area (Å²) < 4.78 is 13.0. The van der Waals surface area contributed by atoms with E-state index in [1.807, 2.05) is 0 Å². The molecular formula is C17H25ClFNO. The second kappa shape index (κ2) is 7.57. The Morgan fingerprint density at radius 1 is 1.33 bits per heavy atom. The van der Waals surface area contributed by atoms with Crippen molar-refractivity contribution in [3.63, 3.8) is 0 Å². The van der Waals surface area contributed by atoms with Crippen LogP contribution in [0.15, 0.2) is 18.2 Å². The monoisotopic (exact) mass is 313 g/mol. The van der Waals surface area contributed by atoms with E-state index in [-0.39, 0.29) is 11.9 Å². The van der Waals surface area contributed by atoms with Crippen molar-refractivity contribution in [2.75, 3.05) is 13.1 Å². The Hall–Kier alpha value is -0.640. The molecule has 21 heavy (non-hydrogen) atoms. The number of rotatable bonds is 5. The summed E-state index contributed by atoms with van der Waals surface area (Å²) >= 11 is 6.08. The van der Waals surface area contributed by atoms with Crippen molar-refractivity contribution in [2.24, 2.45) is 11.8 Å². The minimum Gasteiger partial charge on any atom is -0.393 e. The molecule has 0 spiro atoms. The summed E-state index contributed by atoms with van der Waals surface area (Å²) in [6, 6.07) is 4.59. The lowest BCUT2D eigenvalue weighted by Crippen LogP contribution is -2.37. The lowest BCUT2D eigenvalue weighted by molar-refractivity contribution is 0.0436. The number of benzene rings is 1. The molecule has 0 aromatic heterocycles. The lowest BCUT2D eigenvalue weighted by Gasteiger charge is -2.34. The number of hydrogen-bond donors (Lipinski definition) is 1. The normalized spacial score (nSPS) is 19.1. The number of aliphatic hydroxyl groups excluding tert-OH is 1. The first-order valence-corrected chi connectivity index (χ1v) is 8.18. The van der Waals surface area contributed by atoms with Crippen LogP contribution in [0.5, 0.6) is 0 Å². The average molecular weight is 314 g/mol. The van der Waals surface area contributed by atoms with E-state index < -0.39 is 0 Å². The quantitative estimate of drug-likeness (QED) is 0.884. The van der Waals surface area contributed by atoms with Crippen LogP contribution in [0.1, 0.15) is 38.7 Å². The molecule has 0 amide bonds. The molecule has 1 saturated heterocycles. The smallest absolute Gasteiger partial charge is 0.124 e. The van der Waals surface area contributed by atoms with Crippen molar-refractivity contribution < 1.29 is 9.50 Å². The Morgan fingerprint density at radius 3 is 2.57 bits per heavy atom. The van der Waals surface area contributed by atoms with Gasteiger partial charge < -0.3 is 5.11 Å². The van der Waals surface area contributed by atoms with E-state index in [9.17, 15) is 9.50 Å². The predicted molar refractivity (Wildman–Crippen MR) is 84.9 cm³/mol. The molecule has 0 saturated carbocycles. The van der Waals surface area contributed by atoms with Gasteiger partial charge in [-0.25, -0.2) is 4.39 Å². The molecule has 1 aromatic carbocycles. The molecule has 1 unspecified atom stereocenters. The fraction of sp³-hybridized carbons (Fsp3) is 0.647. The zero-order valence-electron chi connectivity index (χ0n) is 12.9. The summed E-state index contributed by atoms with van der Waals surface area (Å²) in [5.41, 5.74) is 0.972. The van der Waals surface area contributed by atoms with Crippen molar-refractivity contribution in [3.05, 3.63) is 34.6 Å². The van der Waals surface area contributed by atoms with E-state index in [0.29, 0.717) is 16.9 Å². The topological polar surface area (TPSA) is 23.5 Å². The fourth-order valence-corrected chi connectivity index (χ4v) is 3.29. The maximum atomic E-state index is 13.0. The molecule has 0 bridgehead atoms. The highest BCUT2D eigenvalue weighted by Crippen LogP contribution is 2.26. The van der Waals surface area contributed by atoms with Gasteiger partial charge in [-0.3, -0.25) is 4.90 Å². The van der Waals surface area contributed by atoms with Gasteiger partial charge in [-0.05, 0) is 61.9 Å². The number of piperidine rings is 1. The fourth-order valence-electron chi connectivity index (χ4n) is 3.06. The van der Waals surface area contributed by atoms with Gasteiger partial charge in [0, 0.05) is 11.6 Å². The Kier molecular flexibility index (Phi) is 6.03.